The van der Waals surface area contributed by atoms with Gasteiger partial charge in [-0.25, -0.2) is 14.4 Å². The predicted molar refractivity (Wildman–Crippen MR) is 139 cm³/mol. The first-order valence-corrected chi connectivity index (χ1v) is 11.7. The number of rotatable bonds is 6. The highest BCUT2D eigenvalue weighted by Gasteiger charge is 2.20. The van der Waals surface area contributed by atoms with Crippen molar-refractivity contribution in [2.45, 2.75) is 20.4 Å². The first kappa shape index (κ1) is 23.6. The van der Waals surface area contributed by atoms with Gasteiger partial charge in [0.05, 0.1) is 46.4 Å². The molecule has 0 spiro atoms. The van der Waals surface area contributed by atoms with Crippen molar-refractivity contribution in [3.05, 3.63) is 95.5 Å². The molecule has 1 amide bonds. The zero-order valence-corrected chi connectivity index (χ0v) is 20.8. The van der Waals surface area contributed by atoms with Crippen LogP contribution in [0, 0.1) is 12.7 Å². The lowest BCUT2D eigenvalue weighted by Gasteiger charge is -2.16. The molecule has 1 N–H and O–H groups in total. The van der Waals surface area contributed by atoms with E-state index >= 15 is 0 Å². The Morgan fingerprint density at radius 3 is 2.67 bits per heavy atom. The number of pyridine rings is 1. The van der Waals surface area contributed by atoms with E-state index in [9.17, 15) is 9.18 Å². The van der Waals surface area contributed by atoms with Crippen LogP contribution in [0.25, 0.3) is 22.6 Å². The van der Waals surface area contributed by atoms with E-state index < -0.39 is 0 Å². The third-order valence-electron chi connectivity index (χ3n) is 6.02. The van der Waals surface area contributed by atoms with E-state index in [0.29, 0.717) is 40.0 Å². The number of hydrogen-bond donors (Lipinski definition) is 1. The highest BCUT2D eigenvalue weighted by Crippen LogP contribution is 2.34. The zero-order chi connectivity index (χ0) is 25.4. The summed E-state index contributed by atoms with van der Waals surface area (Å²) in [7, 11) is 1.74. The first-order chi connectivity index (χ1) is 17.3. The van der Waals surface area contributed by atoms with E-state index in [2.05, 4.69) is 10.3 Å². The number of benzene rings is 2. The van der Waals surface area contributed by atoms with Crippen molar-refractivity contribution in [2.24, 2.45) is 0 Å². The summed E-state index contributed by atoms with van der Waals surface area (Å²) in [6.07, 6.45) is 5.25. The van der Waals surface area contributed by atoms with Crippen LogP contribution in [0.5, 0.6) is 0 Å². The van der Waals surface area contributed by atoms with Gasteiger partial charge < -0.3 is 14.8 Å². The maximum atomic E-state index is 15.0. The lowest BCUT2D eigenvalue weighted by atomic mass is 10.1. The minimum Gasteiger partial charge on any atom is -0.352 e. The molecule has 0 aliphatic rings. The van der Waals surface area contributed by atoms with Crippen LogP contribution in [0.15, 0.2) is 73.3 Å². The van der Waals surface area contributed by atoms with Crippen molar-refractivity contribution in [1.82, 2.24) is 23.8 Å². The molecule has 0 atom stereocenters. The average molecular weight is 503 g/mol. The van der Waals surface area contributed by atoms with Crippen LogP contribution in [0.1, 0.15) is 18.3 Å². The van der Waals surface area contributed by atoms with E-state index in [1.54, 1.807) is 41.2 Å². The molecule has 0 radical (unpaired) electrons. The van der Waals surface area contributed by atoms with Gasteiger partial charge in [0, 0.05) is 37.6 Å². The Kier molecular flexibility index (Phi) is 6.20. The van der Waals surface area contributed by atoms with Gasteiger partial charge in [0.25, 0.3) is 0 Å². The van der Waals surface area contributed by atoms with Crippen LogP contribution in [-0.4, -0.2) is 36.8 Å². The van der Waals surface area contributed by atoms with Crippen molar-refractivity contribution in [3.63, 3.8) is 0 Å². The molecular formula is C27H24ClFN6O. The average Bonchev–Trinajstić information content (AvgIpc) is 3.44. The molecule has 0 aliphatic carbocycles. The summed E-state index contributed by atoms with van der Waals surface area (Å²) in [6, 6.07) is 16.2. The first-order valence-electron chi connectivity index (χ1n) is 11.4. The van der Waals surface area contributed by atoms with E-state index in [-0.39, 0.29) is 11.7 Å². The largest absolute Gasteiger partial charge is 0.352 e. The van der Waals surface area contributed by atoms with Gasteiger partial charge in [-0.15, -0.1) is 0 Å². The molecule has 36 heavy (non-hydrogen) atoms. The van der Waals surface area contributed by atoms with Crippen molar-refractivity contribution in [3.8, 4) is 16.9 Å². The fourth-order valence-corrected chi connectivity index (χ4v) is 4.30. The Bertz CT molecular complexity index is 1590. The highest BCUT2D eigenvalue weighted by atomic mass is 35.5. The van der Waals surface area contributed by atoms with Crippen LogP contribution in [0.2, 0.25) is 5.02 Å². The van der Waals surface area contributed by atoms with Gasteiger partial charge in [0.1, 0.15) is 5.82 Å². The third-order valence-corrected chi connectivity index (χ3v) is 6.35. The van der Waals surface area contributed by atoms with Crippen molar-refractivity contribution < 1.29 is 9.18 Å². The number of aryl methyl sites for hydroxylation is 1. The van der Waals surface area contributed by atoms with E-state index in [1.807, 2.05) is 53.9 Å². The number of aromatic nitrogens is 4. The molecule has 0 unspecified atom stereocenters. The van der Waals surface area contributed by atoms with Crippen molar-refractivity contribution in [2.75, 3.05) is 12.4 Å². The maximum Gasteiger partial charge on any atom is 0.219 e. The zero-order valence-electron chi connectivity index (χ0n) is 20.0. The van der Waals surface area contributed by atoms with Crippen molar-refractivity contribution >= 4 is 34.5 Å². The number of amides is 1. The molecular weight excluding hydrogens is 479 g/mol. The van der Waals surface area contributed by atoms with E-state index in [1.165, 1.54) is 13.0 Å². The smallest absolute Gasteiger partial charge is 0.219 e. The highest BCUT2D eigenvalue weighted by molar-refractivity contribution is 6.33. The summed E-state index contributed by atoms with van der Waals surface area (Å²) in [4.78, 5) is 22.7. The molecule has 3 aromatic heterocycles. The molecule has 3 heterocycles. The monoisotopic (exact) mass is 502 g/mol. The number of fused-ring (bicyclic) bond motifs is 1. The van der Waals surface area contributed by atoms with Crippen LogP contribution in [0.3, 0.4) is 0 Å². The lowest BCUT2D eigenvalue weighted by molar-refractivity contribution is -0.128. The van der Waals surface area contributed by atoms with Gasteiger partial charge in [-0.3, -0.25) is 9.20 Å². The fraction of sp³-hybridized carbons (Fsp3) is 0.148. The Labute approximate surface area is 212 Å². The second-order valence-corrected chi connectivity index (χ2v) is 9.00. The lowest BCUT2D eigenvalue weighted by Crippen LogP contribution is -2.24. The van der Waals surface area contributed by atoms with E-state index in [4.69, 9.17) is 16.6 Å². The molecule has 9 heteroatoms. The van der Waals surface area contributed by atoms with Gasteiger partial charge in [-0.1, -0.05) is 29.8 Å². The Morgan fingerprint density at radius 1 is 1.17 bits per heavy atom. The SMILES string of the molecule is CC(=O)N(C)Cc1c(-c2ccccc2Cl)nc2c(Nc3ccc(-n4cnc(C)c4)c(F)c3)cccn12. The summed E-state index contributed by atoms with van der Waals surface area (Å²) in [5, 5.41) is 3.86. The number of carbonyl (C=O) groups excluding carboxylic acids is 1. The summed E-state index contributed by atoms with van der Waals surface area (Å²) in [5.74, 6) is -0.443. The topological polar surface area (TPSA) is 67.5 Å². The third kappa shape index (κ3) is 4.43. The number of halogens is 2. The maximum absolute atomic E-state index is 15.0. The summed E-state index contributed by atoms with van der Waals surface area (Å²) in [5.41, 5.74) is 5.38. The molecule has 0 saturated heterocycles. The van der Waals surface area contributed by atoms with Gasteiger partial charge in [-0.05, 0) is 43.3 Å². The number of anilines is 2. The van der Waals surface area contributed by atoms with E-state index in [0.717, 1.165) is 17.0 Å². The van der Waals surface area contributed by atoms with Gasteiger partial charge >= 0.3 is 0 Å². The predicted octanol–water partition coefficient (Wildman–Crippen LogP) is 6.01. The van der Waals surface area contributed by atoms with Gasteiger partial charge in [0.15, 0.2) is 5.65 Å². The van der Waals surface area contributed by atoms with Crippen LogP contribution in [-0.2, 0) is 11.3 Å². The molecule has 5 aromatic rings. The Balaban J connectivity index is 1.58. The summed E-state index contributed by atoms with van der Waals surface area (Å²) >= 11 is 6.52. The van der Waals surface area contributed by atoms with Crippen LogP contribution >= 0.6 is 11.6 Å². The van der Waals surface area contributed by atoms with Gasteiger partial charge in [0.2, 0.25) is 5.91 Å². The molecule has 2 aromatic carbocycles. The van der Waals surface area contributed by atoms with Crippen LogP contribution < -0.4 is 5.32 Å². The number of nitrogens with zero attached hydrogens (tertiary/aromatic N) is 5. The molecule has 0 saturated carbocycles. The number of nitrogens with one attached hydrogen (secondary N) is 1. The molecule has 5 rings (SSSR count). The Morgan fingerprint density at radius 2 is 1.97 bits per heavy atom. The number of imidazole rings is 2. The Hall–Kier alpha value is -4.17. The second-order valence-electron chi connectivity index (χ2n) is 8.59. The minimum atomic E-state index is -0.381. The molecule has 0 fully saturated rings. The fourth-order valence-electron chi connectivity index (χ4n) is 4.07. The molecule has 182 valence electrons. The molecule has 7 nitrogen and oxygen atoms in total. The number of hydrogen-bond acceptors (Lipinski definition) is 4. The van der Waals surface area contributed by atoms with Gasteiger partial charge in [-0.2, -0.15) is 0 Å². The van der Waals surface area contributed by atoms with Crippen LogP contribution in [0.4, 0.5) is 15.8 Å². The minimum absolute atomic E-state index is 0.0620. The normalized spacial score (nSPS) is 11.1. The second kappa shape index (κ2) is 9.47. The number of carbonyl (C=O) groups is 1. The molecule has 0 bridgehead atoms. The standard InChI is InChI=1S/C27H24ClFN6O/c1-17-14-34(16-30-17)24-11-10-19(13-22(24)29)31-23-9-6-12-35-25(15-33(3)18(2)36)26(32-27(23)35)20-7-4-5-8-21(20)28/h4-14,16,31H,15H2,1-3H3. The quantitative estimate of drug-likeness (QED) is 0.309. The molecule has 0 aliphatic heterocycles. The summed E-state index contributed by atoms with van der Waals surface area (Å²) in [6.45, 7) is 3.72. The van der Waals surface area contributed by atoms with Crippen molar-refractivity contribution in [1.29, 1.82) is 0 Å². The summed E-state index contributed by atoms with van der Waals surface area (Å²) < 4.78 is 18.5.